The highest BCUT2D eigenvalue weighted by Gasteiger charge is 2.35. The number of urea groups is 1. The number of methoxy groups -OCH3 is 2. The van der Waals surface area contributed by atoms with Crippen LogP contribution in [0.2, 0.25) is 0 Å². The maximum Gasteiger partial charge on any atom is 0.324 e. The summed E-state index contributed by atoms with van der Waals surface area (Å²) < 4.78 is 10.3. The molecule has 3 amide bonds. The number of hydrogen-bond donors (Lipinski definition) is 2. The lowest BCUT2D eigenvalue weighted by Crippen LogP contribution is -2.42. The highest BCUT2D eigenvalue weighted by atomic mass is 16.5. The van der Waals surface area contributed by atoms with Crippen LogP contribution in [0.3, 0.4) is 0 Å². The Hall–Kier alpha value is -1.67. The van der Waals surface area contributed by atoms with Crippen molar-refractivity contribution >= 4 is 17.9 Å². The second-order valence-electron chi connectivity index (χ2n) is 4.20. The van der Waals surface area contributed by atoms with Crippen molar-refractivity contribution in [1.82, 2.24) is 10.2 Å². The Bertz CT molecular complexity index is 347. The third-order valence-electron chi connectivity index (χ3n) is 2.92. The van der Waals surface area contributed by atoms with Gasteiger partial charge in [-0.3, -0.25) is 14.9 Å². The number of carbonyl (C=O) groups is 3. The quantitative estimate of drug-likeness (QED) is 0.695. The van der Waals surface area contributed by atoms with Gasteiger partial charge in [0.05, 0.1) is 19.5 Å². The highest BCUT2D eigenvalue weighted by Crippen LogP contribution is 2.15. The van der Waals surface area contributed by atoms with Crippen LogP contribution in [0.1, 0.15) is 12.8 Å². The molecule has 1 aliphatic heterocycles. The summed E-state index contributed by atoms with van der Waals surface area (Å²) >= 11 is 0. The Labute approximate surface area is 110 Å². The van der Waals surface area contributed by atoms with Crippen molar-refractivity contribution in [3.63, 3.8) is 0 Å². The maximum atomic E-state index is 11.8. The molecule has 0 aromatic carbocycles. The van der Waals surface area contributed by atoms with Gasteiger partial charge in [0.25, 0.3) is 0 Å². The van der Waals surface area contributed by atoms with Gasteiger partial charge in [-0.15, -0.1) is 0 Å². The first kappa shape index (κ1) is 15.4. The lowest BCUT2D eigenvalue weighted by atomic mass is 10.3. The lowest BCUT2D eigenvalue weighted by molar-refractivity contribution is -0.138. The first-order valence-electron chi connectivity index (χ1n) is 5.84. The minimum Gasteiger partial charge on any atom is -0.481 e. The normalized spacial score (nSPS) is 22.3. The fourth-order valence-corrected chi connectivity index (χ4v) is 1.84. The van der Waals surface area contributed by atoms with E-state index in [-0.39, 0.29) is 25.0 Å². The van der Waals surface area contributed by atoms with E-state index in [0.717, 1.165) is 0 Å². The van der Waals surface area contributed by atoms with Crippen LogP contribution < -0.4 is 5.32 Å². The minimum atomic E-state index is -1.08. The van der Waals surface area contributed by atoms with Crippen molar-refractivity contribution in [1.29, 1.82) is 0 Å². The largest absolute Gasteiger partial charge is 0.481 e. The van der Waals surface area contributed by atoms with Crippen molar-refractivity contribution in [2.45, 2.75) is 25.0 Å². The van der Waals surface area contributed by atoms with Crippen LogP contribution in [-0.4, -0.2) is 67.4 Å². The smallest absolute Gasteiger partial charge is 0.324 e. The third-order valence-corrected chi connectivity index (χ3v) is 2.92. The van der Waals surface area contributed by atoms with Crippen LogP contribution >= 0.6 is 0 Å². The molecule has 19 heavy (non-hydrogen) atoms. The van der Waals surface area contributed by atoms with Gasteiger partial charge >= 0.3 is 12.0 Å². The van der Waals surface area contributed by atoms with Crippen LogP contribution in [0.4, 0.5) is 4.79 Å². The van der Waals surface area contributed by atoms with Gasteiger partial charge in [0.1, 0.15) is 12.2 Å². The van der Waals surface area contributed by atoms with Crippen LogP contribution in [0, 0.1) is 0 Å². The van der Waals surface area contributed by atoms with Crippen molar-refractivity contribution in [2.75, 3.05) is 27.3 Å². The van der Waals surface area contributed by atoms with Gasteiger partial charge in [-0.25, -0.2) is 4.79 Å². The summed E-state index contributed by atoms with van der Waals surface area (Å²) in [5, 5.41) is 10.6. The zero-order valence-electron chi connectivity index (χ0n) is 10.9. The van der Waals surface area contributed by atoms with E-state index in [4.69, 9.17) is 14.6 Å². The summed E-state index contributed by atoms with van der Waals surface area (Å²) in [4.78, 5) is 34.8. The number of aliphatic carboxylic acids is 1. The van der Waals surface area contributed by atoms with Gasteiger partial charge in [0.2, 0.25) is 5.91 Å². The molecule has 0 bridgehead atoms. The summed E-state index contributed by atoms with van der Waals surface area (Å²) in [6.45, 7) is 0.653. The number of carbonyl (C=O) groups excluding carboxylic acids is 2. The topological polar surface area (TPSA) is 105 Å². The molecule has 2 atom stereocenters. The number of rotatable bonds is 5. The average Bonchev–Trinajstić information content (AvgIpc) is 2.79. The molecule has 1 aliphatic rings. The zero-order valence-corrected chi connectivity index (χ0v) is 10.9. The number of hydrogen-bond acceptors (Lipinski definition) is 5. The van der Waals surface area contributed by atoms with Crippen molar-refractivity contribution < 1.29 is 29.0 Å². The van der Waals surface area contributed by atoms with Gasteiger partial charge in [-0.1, -0.05) is 0 Å². The van der Waals surface area contributed by atoms with Gasteiger partial charge in [-0.05, 0) is 0 Å². The Balaban J connectivity index is 2.42. The highest BCUT2D eigenvalue weighted by molar-refractivity contribution is 5.95. The van der Waals surface area contributed by atoms with Crippen LogP contribution in [0.5, 0.6) is 0 Å². The number of carboxylic acids is 1. The van der Waals surface area contributed by atoms with Crippen molar-refractivity contribution in [3.05, 3.63) is 0 Å². The number of nitrogens with zero attached hydrogens (tertiary/aromatic N) is 1. The molecule has 0 radical (unpaired) electrons. The second-order valence-corrected chi connectivity index (χ2v) is 4.20. The number of amides is 3. The summed E-state index contributed by atoms with van der Waals surface area (Å²) in [6.07, 6.45) is -0.994. The molecule has 2 N–H and O–H groups in total. The molecule has 0 spiro atoms. The molecule has 1 saturated heterocycles. The molecule has 8 heteroatoms. The molecule has 1 rings (SSSR count). The van der Waals surface area contributed by atoms with Gasteiger partial charge < -0.3 is 19.5 Å². The molecule has 0 saturated carbocycles. The summed E-state index contributed by atoms with van der Waals surface area (Å²) in [7, 11) is 3.05. The van der Waals surface area contributed by atoms with E-state index >= 15 is 0 Å². The molecule has 0 aliphatic carbocycles. The molecular formula is C11H18N2O6. The fraction of sp³-hybridized carbons (Fsp3) is 0.727. The van der Waals surface area contributed by atoms with E-state index in [2.05, 4.69) is 5.32 Å². The molecule has 108 valence electrons. The Kier molecular flexibility index (Phi) is 5.71. The molecular weight excluding hydrogens is 256 g/mol. The number of ether oxygens (including phenoxy) is 2. The molecule has 1 heterocycles. The number of imide groups is 1. The zero-order chi connectivity index (χ0) is 14.4. The first-order chi connectivity index (χ1) is 8.97. The number of nitrogens with one attached hydrogen (secondary N) is 1. The average molecular weight is 274 g/mol. The molecule has 0 aromatic heterocycles. The van der Waals surface area contributed by atoms with E-state index in [1.54, 1.807) is 0 Å². The SMILES string of the molecule is COC1CN(C(=O)NC(=O)CCC(=O)O)CC1OC. The third kappa shape index (κ3) is 4.49. The summed E-state index contributed by atoms with van der Waals surface area (Å²) in [5.74, 6) is -1.69. The van der Waals surface area contributed by atoms with E-state index in [1.807, 2.05) is 0 Å². The fourth-order valence-electron chi connectivity index (χ4n) is 1.84. The molecule has 2 unspecified atom stereocenters. The molecule has 8 nitrogen and oxygen atoms in total. The first-order valence-corrected chi connectivity index (χ1v) is 5.84. The minimum absolute atomic E-state index is 0.226. The van der Waals surface area contributed by atoms with Crippen molar-refractivity contribution in [2.24, 2.45) is 0 Å². The second kappa shape index (κ2) is 7.05. The van der Waals surface area contributed by atoms with E-state index in [0.29, 0.717) is 13.1 Å². The summed E-state index contributed by atoms with van der Waals surface area (Å²) in [6, 6.07) is -0.558. The Morgan fingerprint density at radius 2 is 1.68 bits per heavy atom. The van der Waals surface area contributed by atoms with Crippen LogP contribution in [0.25, 0.3) is 0 Å². The predicted molar refractivity (Wildman–Crippen MR) is 63.6 cm³/mol. The predicted octanol–water partition coefficient (Wildman–Crippen LogP) is -0.567. The monoisotopic (exact) mass is 274 g/mol. The lowest BCUT2D eigenvalue weighted by Gasteiger charge is -2.15. The van der Waals surface area contributed by atoms with Gasteiger partial charge in [0, 0.05) is 20.6 Å². The van der Waals surface area contributed by atoms with E-state index in [9.17, 15) is 14.4 Å². The Morgan fingerprint density at radius 1 is 1.16 bits per heavy atom. The number of carboxylic acid groups (broad SMARTS) is 1. The van der Waals surface area contributed by atoms with Gasteiger partial charge in [-0.2, -0.15) is 0 Å². The van der Waals surface area contributed by atoms with Crippen molar-refractivity contribution in [3.8, 4) is 0 Å². The summed E-state index contributed by atoms with van der Waals surface area (Å²) in [5.41, 5.74) is 0. The Morgan fingerprint density at radius 3 is 2.11 bits per heavy atom. The molecule has 1 fully saturated rings. The van der Waals surface area contributed by atoms with E-state index in [1.165, 1.54) is 19.1 Å². The van der Waals surface area contributed by atoms with Gasteiger partial charge in [0.15, 0.2) is 0 Å². The maximum absolute atomic E-state index is 11.8. The van der Waals surface area contributed by atoms with Crippen LogP contribution in [-0.2, 0) is 19.1 Å². The van der Waals surface area contributed by atoms with E-state index < -0.39 is 17.9 Å². The number of likely N-dealkylation sites (tertiary alicyclic amines) is 1. The molecule has 0 aromatic rings. The standard InChI is InChI=1S/C11H18N2O6/c1-18-7-5-13(6-8(7)19-2)11(17)12-9(14)3-4-10(15)16/h7-8H,3-6H2,1-2H3,(H,15,16)(H,12,14,17). The van der Waals surface area contributed by atoms with Crippen LogP contribution in [0.15, 0.2) is 0 Å².